The van der Waals surface area contributed by atoms with Gasteiger partial charge in [-0.2, -0.15) is 0 Å². The van der Waals surface area contributed by atoms with Crippen LogP contribution in [0.25, 0.3) is 0 Å². The summed E-state index contributed by atoms with van der Waals surface area (Å²) in [6.45, 7) is 6.40. The van der Waals surface area contributed by atoms with E-state index >= 15 is 0 Å². The zero-order valence-corrected chi connectivity index (χ0v) is 15.4. The molecule has 2 aliphatic heterocycles. The summed E-state index contributed by atoms with van der Waals surface area (Å²) in [7, 11) is 0. The van der Waals surface area contributed by atoms with E-state index in [1.54, 1.807) is 0 Å². The molecular weight excluding hydrogens is 320 g/mol. The van der Waals surface area contributed by atoms with Gasteiger partial charge in [0.05, 0.1) is 24.7 Å². The predicted molar refractivity (Wildman–Crippen MR) is 91.7 cm³/mol. The van der Waals surface area contributed by atoms with Crippen LogP contribution in [0.3, 0.4) is 0 Å². The van der Waals surface area contributed by atoms with E-state index in [1.165, 1.54) is 0 Å². The first-order valence-electron chi connectivity index (χ1n) is 9.99. The second-order valence-corrected chi connectivity index (χ2v) is 9.35. The molecule has 2 N–H and O–H groups in total. The lowest BCUT2D eigenvalue weighted by Gasteiger charge is -2.61. The van der Waals surface area contributed by atoms with E-state index in [0.717, 1.165) is 32.5 Å². The van der Waals surface area contributed by atoms with Gasteiger partial charge in [0.1, 0.15) is 0 Å². The average molecular weight is 352 g/mol. The molecule has 142 valence electrons. The molecule has 25 heavy (non-hydrogen) atoms. The second-order valence-electron chi connectivity index (χ2n) is 9.35. The zero-order chi connectivity index (χ0) is 17.8. The van der Waals surface area contributed by atoms with Crippen LogP contribution in [0.15, 0.2) is 0 Å². The van der Waals surface area contributed by atoms with Crippen molar-refractivity contribution in [3.63, 3.8) is 0 Å². The number of carbonyl (C=O) groups is 1. The van der Waals surface area contributed by atoms with Gasteiger partial charge in [-0.3, -0.25) is 4.79 Å². The fraction of sp³-hybridized carbons (Fsp3) is 0.950. The van der Waals surface area contributed by atoms with Crippen molar-refractivity contribution < 1.29 is 24.5 Å². The van der Waals surface area contributed by atoms with Gasteiger partial charge in [0.25, 0.3) is 0 Å². The Morgan fingerprint density at radius 1 is 1.20 bits per heavy atom. The number of hydrogen-bond donors (Lipinski definition) is 2. The van der Waals surface area contributed by atoms with Gasteiger partial charge in [-0.1, -0.05) is 13.8 Å². The monoisotopic (exact) mass is 352 g/mol. The Hall–Kier alpha value is -0.650. The molecule has 0 aromatic rings. The molecule has 2 aliphatic carbocycles. The van der Waals surface area contributed by atoms with Crippen LogP contribution in [-0.4, -0.2) is 48.2 Å². The fourth-order valence-electron chi connectivity index (χ4n) is 6.66. The number of esters is 1. The molecule has 2 saturated heterocycles. The van der Waals surface area contributed by atoms with E-state index < -0.39 is 12.2 Å². The maximum Gasteiger partial charge on any atom is 0.309 e. The van der Waals surface area contributed by atoms with Crippen LogP contribution in [0.1, 0.15) is 52.4 Å². The third kappa shape index (κ3) is 2.57. The van der Waals surface area contributed by atoms with Crippen LogP contribution in [0.2, 0.25) is 0 Å². The molecule has 0 amide bonds. The van der Waals surface area contributed by atoms with Gasteiger partial charge in [-0.25, -0.2) is 0 Å². The maximum atomic E-state index is 12.3. The summed E-state index contributed by atoms with van der Waals surface area (Å²) in [5.74, 6) is 0.430. The predicted octanol–water partition coefficient (Wildman–Crippen LogP) is 2.14. The number of cyclic esters (lactones) is 1. The summed E-state index contributed by atoms with van der Waals surface area (Å²) in [6.07, 6.45) is 4.20. The lowest BCUT2D eigenvalue weighted by Crippen LogP contribution is -2.63. The van der Waals surface area contributed by atoms with Crippen molar-refractivity contribution in [3.8, 4) is 0 Å². The summed E-state index contributed by atoms with van der Waals surface area (Å²) >= 11 is 0. The summed E-state index contributed by atoms with van der Waals surface area (Å²) < 4.78 is 11.0. The van der Waals surface area contributed by atoms with E-state index in [4.69, 9.17) is 9.47 Å². The summed E-state index contributed by atoms with van der Waals surface area (Å²) in [4.78, 5) is 12.3. The first kappa shape index (κ1) is 17.7. The number of carbonyl (C=O) groups excluding carboxylic acids is 1. The van der Waals surface area contributed by atoms with E-state index in [-0.39, 0.29) is 34.6 Å². The highest BCUT2D eigenvalue weighted by Crippen LogP contribution is 2.65. The Labute approximate surface area is 150 Å². The first-order valence-corrected chi connectivity index (χ1v) is 9.99. The van der Waals surface area contributed by atoms with E-state index in [0.29, 0.717) is 31.8 Å². The molecule has 5 heteroatoms. The molecule has 0 unspecified atom stereocenters. The van der Waals surface area contributed by atoms with Crippen molar-refractivity contribution in [1.82, 2.24) is 0 Å². The van der Waals surface area contributed by atoms with Gasteiger partial charge >= 0.3 is 5.97 Å². The van der Waals surface area contributed by atoms with Crippen molar-refractivity contribution in [3.05, 3.63) is 0 Å². The Morgan fingerprint density at radius 3 is 2.72 bits per heavy atom. The van der Waals surface area contributed by atoms with Crippen molar-refractivity contribution in [2.24, 2.45) is 34.5 Å². The zero-order valence-electron chi connectivity index (χ0n) is 15.4. The van der Waals surface area contributed by atoms with E-state index in [1.807, 2.05) is 0 Å². The van der Waals surface area contributed by atoms with Crippen LogP contribution in [0.5, 0.6) is 0 Å². The van der Waals surface area contributed by atoms with Crippen LogP contribution >= 0.6 is 0 Å². The van der Waals surface area contributed by atoms with Crippen LogP contribution in [-0.2, 0) is 14.3 Å². The molecule has 1 spiro atoms. The number of aliphatic hydroxyl groups excluding tert-OH is 2. The molecule has 0 bridgehead atoms. The topological polar surface area (TPSA) is 76.0 Å². The van der Waals surface area contributed by atoms with Crippen molar-refractivity contribution in [2.75, 3.05) is 19.8 Å². The Bertz CT molecular complexity index is 530. The lowest BCUT2D eigenvalue weighted by molar-refractivity contribution is -0.198. The quantitative estimate of drug-likeness (QED) is 0.761. The summed E-state index contributed by atoms with van der Waals surface area (Å²) in [5, 5.41) is 21.9. The Morgan fingerprint density at radius 2 is 2.00 bits per heavy atom. The first-order chi connectivity index (χ1) is 11.9. The smallest absolute Gasteiger partial charge is 0.309 e. The standard InChI is InChI=1S/C20H32O5/c1-12-16(22)9-20-11-25-18(23)14(20)3-4-15(21)17(20)19(12,2)7-5-13-6-8-24-10-13/h12-17,21-22H,3-11H2,1-2H3/t12-,13+,14+,15-,16-,17-,19+,20-/m1/s1. The largest absolute Gasteiger partial charge is 0.465 e. The van der Waals surface area contributed by atoms with Gasteiger partial charge in [0.15, 0.2) is 0 Å². The van der Waals surface area contributed by atoms with Gasteiger partial charge in [0.2, 0.25) is 0 Å². The van der Waals surface area contributed by atoms with Crippen molar-refractivity contribution in [1.29, 1.82) is 0 Å². The molecule has 2 heterocycles. The Balaban J connectivity index is 1.66. The SMILES string of the molecule is C[C@@H]1[C@H](O)C[C@@]23COC(=O)[C@@H]2CC[C@@H](O)[C@@H]3[C@@]1(C)CC[C@H]1CCOC1. The molecule has 4 rings (SSSR count). The molecule has 8 atom stereocenters. The van der Waals surface area contributed by atoms with Gasteiger partial charge in [0, 0.05) is 24.5 Å². The van der Waals surface area contributed by atoms with Crippen LogP contribution in [0, 0.1) is 34.5 Å². The normalized spacial score (nSPS) is 52.6. The average Bonchev–Trinajstić information content (AvgIpc) is 3.19. The van der Waals surface area contributed by atoms with Gasteiger partial charge in [-0.15, -0.1) is 0 Å². The lowest BCUT2D eigenvalue weighted by atomic mass is 9.43. The molecule has 0 aromatic heterocycles. The third-order valence-corrected chi connectivity index (χ3v) is 8.25. The second kappa shape index (κ2) is 6.21. The van der Waals surface area contributed by atoms with Crippen molar-refractivity contribution in [2.45, 2.75) is 64.6 Å². The minimum atomic E-state index is -0.441. The van der Waals surface area contributed by atoms with Gasteiger partial charge in [-0.05, 0) is 55.8 Å². The fourth-order valence-corrected chi connectivity index (χ4v) is 6.66. The van der Waals surface area contributed by atoms with Crippen LogP contribution in [0.4, 0.5) is 0 Å². The Kier molecular flexibility index (Phi) is 4.41. The highest BCUT2D eigenvalue weighted by Gasteiger charge is 2.67. The number of hydrogen-bond acceptors (Lipinski definition) is 5. The molecule has 4 fully saturated rings. The summed E-state index contributed by atoms with van der Waals surface area (Å²) in [5.41, 5.74) is -0.575. The highest BCUT2D eigenvalue weighted by atomic mass is 16.5. The number of ether oxygens (including phenoxy) is 2. The molecule has 5 nitrogen and oxygen atoms in total. The summed E-state index contributed by atoms with van der Waals surface area (Å²) in [6, 6.07) is 0. The minimum absolute atomic E-state index is 0.0194. The number of aliphatic hydroxyl groups is 2. The van der Waals surface area contributed by atoms with E-state index in [9.17, 15) is 15.0 Å². The molecular formula is C20H32O5. The van der Waals surface area contributed by atoms with E-state index in [2.05, 4.69) is 13.8 Å². The highest BCUT2D eigenvalue weighted by molar-refractivity contribution is 5.76. The minimum Gasteiger partial charge on any atom is -0.465 e. The number of rotatable bonds is 3. The molecule has 4 aliphatic rings. The maximum absolute atomic E-state index is 12.3. The van der Waals surface area contributed by atoms with Crippen molar-refractivity contribution >= 4 is 5.97 Å². The molecule has 2 saturated carbocycles. The van der Waals surface area contributed by atoms with Crippen LogP contribution < -0.4 is 0 Å². The molecule has 0 aromatic carbocycles. The third-order valence-electron chi connectivity index (χ3n) is 8.25. The molecule has 0 radical (unpaired) electrons. The van der Waals surface area contributed by atoms with Gasteiger partial charge < -0.3 is 19.7 Å².